The summed E-state index contributed by atoms with van der Waals surface area (Å²) in [6.07, 6.45) is 13.4. The van der Waals surface area contributed by atoms with E-state index in [0.29, 0.717) is 16.8 Å². The summed E-state index contributed by atoms with van der Waals surface area (Å²) in [4.78, 5) is 26.6. The van der Waals surface area contributed by atoms with E-state index in [2.05, 4.69) is 6.92 Å². The summed E-state index contributed by atoms with van der Waals surface area (Å²) < 4.78 is 0. The molecule has 0 radical (unpaired) electrons. The van der Waals surface area contributed by atoms with Crippen molar-refractivity contribution in [2.75, 3.05) is 4.90 Å². The molecule has 0 aliphatic carbocycles. The molecule has 0 aromatic heterocycles. The van der Waals surface area contributed by atoms with Gasteiger partial charge in [-0.15, -0.1) is 0 Å². The molecule has 0 unspecified atom stereocenters. The van der Waals surface area contributed by atoms with Crippen LogP contribution in [0.1, 0.15) is 90.0 Å². The maximum Gasteiger partial charge on any atom is 0.261 e. The average Bonchev–Trinajstić information content (AvgIpc) is 2.87. The van der Waals surface area contributed by atoms with Crippen LogP contribution in [0.2, 0.25) is 0 Å². The van der Waals surface area contributed by atoms with Gasteiger partial charge in [0.25, 0.3) is 11.8 Å². The molecule has 148 valence electrons. The summed E-state index contributed by atoms with van der Waals surface area (Å²) in [5, 5.41) is 0. The van der Waals surface area contributed by atoms with Gasteiger partial charge in [0.2, 0.25) is 0 Å². The fraction of sp³-hybridized carbons (Fsp3) is 0.583. The highest BCUT2D eigenvalue weighted by atomic mass is 16.2. The van der Waals surface area contributed by atoms with E-state index in [1.54, 1.807) is 6.92 Å². The Labute approximate surface area is 164 Å². The molecule has 3 nitrogen and oxygen atoms in total. The first kappa shape index (κ1) is 21.4. The molecule has 0 fully saturated rings. The molecule has 1 aliphatic heterocycles. The zero-order chi connectivity index (χ0) is 19.6. The number of amides is 2. The first-order valence-corrected chi connectivity index (χ1v) is 10.7. The Morgan fingerprint density at radius 2 is 1.22 bits per heavy atom. The van der Waals surface area contributed by atoms with Crippen molar-refractivity contribution in [3.63, 3.8) is 0 Å². The van der Waals surface area contributed by atoms with Crippen LogP contribution in [0.3, 0.4) is 0 Å². The van der Waals surface area contributed by atoms with Crippen LogP contribution in [0, 0.1) is 6.92 Å². The van der Waals surface area contributed by atoms with E-state index in [4.69, 9.17) is 0 Å². The molecule has 1 heterocycles. The zero-order valence-corrected chi connectivity index (χ0v) is 17.4. The predicted molar refractivity (Wildman–Crippen MR) is 113 cm³/mol. The molecule has 27 heavy (non-hydrogen) atoms. The van der Waals surface area contributed by atoms with Crippen molar-refractivity contribution in [2.24, 2.45) is 0 Å². The van der Waals surface area contributed by atoms with Crippen molar-refractivity contribution >= 4 is 17.5 Å². The Balaban J connectivity index is 1.72. The molecular formula is C24H35NO2. The number of carbonyl (C=O) groups is 2. The second-order valence-corrected chi connectivity index (χ2v) is 7.82. The van der Waals surface area contributed by atoms with Crippen LogP contribution in [0.4, 0.5) is 5.69 Å². The van der Waals surface area contributed by atoms with Crippen LogP contribution in [0.15, 0.2) is 35.4 Å². The Hall–Kier alpha value is -1.90. The number of benzene rings is 1. The van der Waals surface area contributed by atoms with Gasteiger partial charge in [0.05, 0.1) is 5.69 Å². The number of carbonyl (C=O) groups excluding carboxylic acids is 2. The fourth-order valence-electron chi connectivity index (χ4n) is 3.70. The van der Waals surface area contributed by atoms with Gasteiger partial charge < -0.3 is 0 Å². The van der Waals surface area contributed by atoms with Crippen molar-refractivity contribution in [1.29, 1.82) is 0 Å². The molecule has 3 heteroatoms. The largest absolute Gasteiger partial charge is 0.269 e. The summed E-state index contributed by atoms with van der Waals surface area (Å²) in [6.45, 7) is 6.04. The highest BCUT2D eigenvalue weighted by Gasteiger charge is 2.36. The van der Waals surface area contributed by atoms with E-state index in [0.717, 1.165) is 24.8 Å². The normalized spacial score (nSPS) is 14.6. The quantitative estimate of drug-likeness (QED) is 0.312. The van der Waals surface area contributed by atoms with Crippen LogP contribution in [-0.2, 0) is 9.59 Å². The summed E-state index contributed by atoms with van der Waals surface area (Å²) in [6, 6.07) is 7.57. The van der Waals surface area contributed by atoms with Crippen molar-refractivity contribution in [1.82, 2.24) is 0 Å². The third-order valence-corrected chi connectivity index (χ3v) is 5.51. The smallest absolute Gasteiger partial charge is 0.261 e. The average molecular weight is 370 g/mol. The molecule has 1 aliphatic rings. The van der Waals surface area contributed by atoms with Gasteiger partial charge in [-0.3, -0.25) is 9.59 Å². The number of unbranched alkanes of at least 4 members (excludes halogenated alkanes) is 9. The van der Waals surface area contributed by atoms with Gasteiger partial charge in [0.15, 0.2) is 0 Å². The van der Waals surface area contributed by atoms with Crippen LogP contribution in [0.5, 0.6) is 0 Å². The minimum atomic E-state index is -0.161. The lowest BCUT2D eigenvalue weighted by atomic mass is 10.0. The lowest BCUT2D eigenvalue weighted by molar-refractivity contribution is -0.120. The Morgan fingerprint density at radius 1 is 0.704 bits per heavy atom. The second kappa shape index (κ2) is 11.1. The van der Waals surface area contributed by atoms with Gasteiger partial charge in [-0.05, 0) is 38.8 Å². The third-order valence-electron chi connectivity index (χ3n) is 5.51. The molecular weight excluding hydrogens is 334 g/mol. The summed E-state index contributed by atoms with van der Waals surface area (Å²) in [5.74, 6) is -0.289. The molecule has 0 spiro atoms. The number of anilines is 1. The van der Waals surface area contributed by atoms with Crippen LogP contribution in [-0.4, -0.2) is 11.8 Å². The van der Waals surface area contributed by atoms with E-state index in [1.165, 1.54) is 56.3 Å². The van der Waals surface area contributed by atoms with Crippen molar-refractivity contribution in [2.45, 2.75) is 91.4 Å². The van der Waals surface area contributed by atoms with Crippen LogP contribution >= 0.6 is 0 Å². The SMILES string of the molecule is CCCCCCCCCCCCC1=C(C)C(=O)N(c2ccc(C)cc2)C1=O. The highest BCUT2D eigenvalue weighted by molar-refractivity contribution is 6.32. The standard InChI is InChI=1S/C24H35NO2/c1-4-5-6-7-8-9-10-11-12-13-14-22-20(3)23(26)25(24(22)27)21-17-15-19(2)16-18-21/h15-18H,4-14H2,1-3H3. The lowest BCUT2D eigenvalue weighted by Gasteiger charge is -2.15. The van der Waals surface area contributed by atoms with Crippen LogP contribution < -0.4 is 4.90 Å². The van der Waals surface area contributed by atoms with Gasteiger partial charge in [-0.25, -0.2) is 4.90 Å². The predicted octanol–water partition coefficient (Wildman–Crippen LogP) is 6.50. The highest BCUT2D eigenvalue weighted by Crippen LogP contribution is 2.30. The van der Waals surface area contributed by atoms with Crippen LogP contribution in [0.25, 0.3) is 0 Å². The fourth-order valence-corrected chi connectivity index (χ4v) is 3.70. The summed E-state index contributed by atoms with van der Waals surface area (Å²) in [5.41, 5.74) is 3.12. The topological polar surface area (TPSA) is 37.4 Å². The van der Waals surface area contributed by atoms with Crippen molar-refractivity contribution in [3.05, 3.63) is 41.0 Å². The molecule has 1 aromatic carbocycles. The Kier molecular flexibility index (Phi) is 8.77. The lowest BCUT2D eigenvalue weighted by Crippen LogP contribution is -2.31. The zero-order valence-electron chi connectivity index (χ0n) is 17.4. The number of hydrogen-bond acceptors (Lipinski definition) is 2. The number of imide groups is 1. The number of nitrogens with zero attached hydrogens (tertiary/aromatic N) is 1. The van der Waals surface area contributed by atoms with E-state index < -0.39 is 0 Å². The van der Waals surface area contributed by atoms with Crippen molar-refractivity contribution < 1.29 is 9.59 Å². The molecule has 1 aromatic rings. The number of rotatable bonds is 12. The minimum Gasteiger partial charge on any atom is -0.269 e. The van der Waals surface area contributed by atoms with Gasteiger partial charge in [0, 0.05) is 11.1 Å². The van der Waals surface area contributed by atoms with Gasteiger partial charge in [-0.1, -0.05) is 82.4 Å². The second-order valence-electron chi connectivity index (χ2n) is 7.82. The molecule has 0 saturated heterocycles. The third kappa shape index (κ3) is 6.05. The first-order chi connectivity index (χ1) is 13.1. The summed E-state index contributed by atoms with van der Waals surface area (Å²) >= 11 is 0. The Morgan fingerprint density at radius 3 is 1.78 bits per heavy atom. The minimum absolute atomic E-state index is 0.128. The molecule has 0 atom stereocenters. The van der Waals surface area contributed by atoms with Gasteiger partial charge in [-0.2, -0.15) is 0 Å². The maximum atomic E-state index is 12.8. The molecule has 0 N–H and O–H groups in total. The van der Waals surface area contributed by atoms with E-state index in [9.17, 15) is 9.59 Å². The molecule has 2 amide bonds. The van der Waals surface area contributed by atoms with E-state index in [-0.39, 0.29) is 11.8 Å². The molecule has 0 bridgehead atoms. The number of hydrogen-bond donors (Lipinski definition) is 0. The molecule has 2 rings (SSSR count). The number of aryl methyl sites for hydroxylation is 1. The van der Waals surface area contributed by atoms with Gasteiger partial charge >= 0.3 is 0 Å². The van der Waals surface area contributed by atoms with Gasteiger partial charge in [0.1, 0.15) is 0 Å². The van der Waals surface area contributed by atoms with E-state index in [1.807, 2.05) is 31.2 Å². The van der Waals surface area contributed by atoms with E-state index >= 15 is 0 Å². The Bertz CT molecular complexity index is 657. The maximum absolute atomic E-state index is 12.8. The first-order valence-electron chi connectivity index (χ1n) is 10.7. The van der Waals surface area contributed by atoms with Crippen molar-refractivity contribution in [3.8, 4) is 0 Å². The monoisotopic (exact) mass is 369 g/mol. The molecule has 0 saturated carbocycles. The summed E-state index contributed by atoms with van der Waals surface area (Å²) in [7, 11) is 0.